The summed E-state index contributed by atoms with van der Waals surface area (Å²) in [7, 11) is 0. The average molecular weight is 904 g/mol. The van der Waals surface area contributed by atoms with Crippen LogP contribution in [0.1, 0.15) is 0 Å². The van der Waals surface area contributed by atoms with Gasteiger partial charge in [0, 0.05) is 16.8 Å². The Morgan fingerprint density at radius 3 is 0.521 bits per heavy atom. The maximum Gasteiger partial charge on any atom is 0.0619 e. The van der Waals surface area contributed by atoms with Gasteiger partial charge < -0.3 is 4.57 Å². The molecule has 1 heteroatoms. The molecule has 0 unspecified atom stereocenters. The lowest BCUT2D eigenvalue weighted by atomic mass is 9.74. The minimum atomic E-state index is 1.07. The highest BCUT2D eigenvalue weighted by Crippen LogP contribution is 2.56. The molecule has 12 aromatic rings. The molecule has 0 fully saturated rings. The van der Waals surface area contributed by atoms with E-state index in [4.69, 9.17) is 0 Å². The molecule has 0 saturated carbocycles. The van der Waals surface area contributed by atoms with E-state index < -0.39 is 0 Å². The first-order valence-electron chi connectivity index (χ1n) is 24.4. The molecule has 0 aliphatic heterocycles. The van der Waals surface area contributed by atoms with Gasteiger partial charge in [0.15, 0.2) is 0 Å². The van der Waals surface area contributed by atoms with Gasteiger partial charge in [-0.3, -0.25) is 0 Å². The molecule has 0 bridgehead atoms. The van der Waals surface area contributed by atoms with Crippen molar-refractivity contribution in [2.24, 2.45) is 0 Å². The molecule has 11 aromatic carbocycles. The van der Waals surface area contributed by atoms with Crippen LogP contribution in [0.3, 0.4) is 0 Å². The Hall–Kier alpha value is -9.30. The largest absolute Gasteiger partial charge is 0.308 e. The fourth-order valence-electron chi connectivity index (χ4n) is 10.6. The van der Waals surface area contributed by atoms with Crippen LogP contribution < -0.4 is 0 Å². The smallest absolute Gasteiger partial charge is 0.0619 e. The molecule has 0 amide bonds. The lowest BCUT2D eigenvalue weighted by Crippen LogP contribution is -2.03. The van der Waals surface area contributed by atoms with E-state index in [1.54, 1.807) is 0 Å². The van der Waals surface area contributed by atoms with Gasteiger partial charge >= 0.3 is 0 Å². The Morgan fingerprint density at radius 1 is 0.141 bits per heavy atom. The summed E-state index contributed by atoms with van der Waals surface area (Å²) < 4.78 is 2.51. The molecule has 1 nitrogen and oxygen atoms in total. The third-order valence-electron chi connectivity index (χ3n) is 13.6. The number of aromatic nitrogens is 1. The Kier molecular flexibility index (Phi) is 11.7. The summed E-state index contributed by atoms with van der Waals surface area (Å²) in [6.07, 6.45) is 0. The molecule has 0 aliphatic carbocycles. The predicted octanol–water partition coefficient (Wildman–Crippen LogP) is 19.1. The van der Waals surface area contributed by atoms with Crippen LogP contribution >= 0.6 is 0 Å². The van der Waals surface area contributed by atoms with Crippen molar-refractivity contribution in [1.29, 1.82) is 0 Å². The number of benzene rings is 11. The SMILES string of the molecule is c1ccc(-c2c(-c3ccccc3)c(-c3ccccc3)c(-c3ccc(-n4c(-c5ccccc5)c(-c5ccccc5)c(-c5ccccc5)c4-c4ccccc4)cc3)c(-c3ccccc3)c2-c2ccccc2)cc1. The van der Waals surface area contributed by atoms with E-state index in [0.29, 0.717) is 0 Å². The summed E-state index contributed by atoms with van der Waals surface area (Å²) in [6.45, 7) is 0. The maximum absolute atomic E-state index is 2.51. The van der Waals surface area contributed by atoms with Crippen LogP contribution in [0.5, 0.6) is 0 Å². The lowest BCUT2D eigenvalue weighted by molar-refractivity contribution is 1.10. The minimum Gasteiger partial charge on any atom is -0.308 e. The van der Waals surface area contributed by atoms with Crippen molar-refractivity contribution < 1.29 is 0 Å². The van der Waals surface area contributed by atoms with Crippen LogP contribution in [0.2, 0.25) is 0 Å². The van der Waals surface area contributed by atoms with E-state index in [9.17, 15) is 0 Å². The zero-order valence-corrected chi connectivity index (χ0v) is 39.2. The quantitative estimate of drug-likeness (QED) is 0.122. The van der Waals surface area contributed by atoms with Gasteiger partial charge in [-0.2, -0.15) is 0 Å². The lowest BCUT2D eigenvalue weighted by Gasteiger charge is -2.29. The summed E-state index contributed by atoms with van der Waals surface area (Å²) in [5.74, 6) is 0. The van der Waals surface area contributed by atoms with E-state index >= 15 is 0 Å². The highest BCUT2D eigenvalue weighted by Gasteiger charge is 2.31. The summed E-state index contributed by atoms with van der Waals surface area (Å²) in [5.41, 5.74) is 24.4. The second-order valence-corrected chi connectivity index (χ2v) is 17.9. The first-order valence-corrected chi connectivity index (χ1v) is 24.4. The van der Waals surface area contributed by atoms with Gasteiger partial charge in [-0.1, -0.05) is 285 Å². The van der Waals surface area contributed by atoms with Crippen molar-refractivity contribution in [3.8, 4) is 117 Å². The highest BCUT2D eigenvalue weighted by molar-refractivity contribution is 6.15. The van der Waals surface area contributed by atoms with E-state index in [1.165, 1.54) is 50.1 Å². The second-order valence-electron chi connectivity index (χ2n) is 17.9. The predicted molar refractivity (Wildman–Crippen MR) is 300 cm³/mol. The standard InChI is InChI=1S/C70H49N/c1-10-28-50(29-11-1)61-62(51-30-12-2-13-31-51)64(53-34-16-4-17-35-53)66(65(54-36-18-5-19-37-54)63(61)52-32-14-3-15-33-52)57-46-48-60(49-47-57)71-69(58-42-24-8-25-43-58)67(55-38-20-6-21-39-55)68(56-40-22-7-23-41-56)70(71)59-44-26-9-27-45-59/h1-49H. The second kappa shape index (κ2) is 19.4. The number of nitrogens with zero attached hydrogens (tertiary/aromatic N) is 1. The maximum atomic E-state index is 2.51. The molecule has 0 atom stereocenters. The van der Waals surface area contributed by atoms with E-state index in [2.05, 4.69) is 302 Å². The molecule has 71 heavy (non-hydrogen) atoms. The number of hydrogen-bond acceptors (Lipinski definition) is 0. The molecular formula is C70H49N. The van der Waals surface area contributed by atoms with Crippen LogP contribution in [-0.2, 0) is 0 Å². The summed E-state index contributed by atoms with van der Waals surface area (Å²) >= 11 is 0. The van der Waals surface area contributed by atoms with Gasteiger partial charge in [-0.15, -0.1) is 0 Å². The normalized spacial score (nSPS) is 11.1. The summed E-state index contributed by atoms with van der Waals surface area (Å²) in [5, 5.41) is 0. The zero-order chi connectivity index (χ0) is 47.3. The van der Waals surface area contributed by atoms with Crippen LogP contribution in [-0.4, -0.2) is 4.57 Å². The molecule has 0 N–H and O–H groups in total. The summed E-state index contributed by atoms with van der Waals surface area (Å²) in [6, 6.07) is 108. The van der Waals surface area contributed by atoms with Crippen molar-refractivity contribution in [3.63, 3.8) is 0 Å². The van der Waals surface area contributed by atoms with Gasteiger partial charge in [-0.25, -0.2) is 0 Å². The van der Waals surface area contributed by atoms with Crippen molar-refractivity contribution in [3.05, 3.63) is 297 Å². The molecule has 1 aromatic heterocycles. The molecule has 0 aliphatic rings. The Bertz CT molecular complexity index is 3500. The monoisotopic (exact) mass is 903 g/mol. The highest BCUT2D eigenvalue weighted by atomic mass is 15.0. The fraction of sp³-hybridized carbons (Fsp3) is 0. The van der Waals surface area contributed by atoms with Crippen LogP contribution in [0.25, 0.3) is 117 Å². The van der Waals surface area contributed by atoms with Gasteiger partial charge in [0.25, 0.3) is 0 Å². The van der Waals surface area contributed by atoms with Crippen molar-refractivity contribution in [2.75, 3.05) is 0 Å². The Labute approximate surface area is 416 Å². The zero-order valence-electron chi connectivity index (χ0n) is 39.2. The molecule has 0 saturated heterocycles. The summed E-state index contributed by atoms with van der Waals surface area (Å²) in [4.78, 5) is 0. The molecule has 0 radical (unpaired) electrons. The van der Waals surface area contributed by atoms with E-state index in [0.717, 1.165) is 67.1 Å². The van der Waals surface area contributed by atoms with E-state index in [-0.39, 0.29) is 0 Å². The molecule has 334 valence electrons. The van der Waals surface area contributed by atoms with Gasteiger partial charge in [0.05, 0.1) is 11.4 Å². The van der Waals surface area contributed by atoms with Crippen molar-refractivity contribution in [2.45, 2.75) is 0 Å². The number of rotatable bonds is 11. The average Bonchev–Trinajstić information content (AvgIpc) is 3.83. The van der Waals surface area contributed by atoms with Crippen molar-refractivity contribution >= 4 is 0 Å². The third-order valence-corrected chi connectivity index (χ3v) is 13.6. The Morgan fingerprint density at radius 2 is 0.310 bits per heavy atom. The molecule has 0 spiro atoms. The number of hydrogen-bond donors (Lipinski definition) is 0. The van der Waals surface area contributed by atoms with Gasteiger partial charge in [0.2, 0.25) is 0 Å². The molecule has 12 rings (SSSR count). The first-order chi connectivity index (χ1) is 35.3. The van der Waals surface area contributed by atoms with Gasteiger partial charge in [0.1, 0.15) is 0 Å². The topological polar surface area (TPSA) is 4.93 Å². The van der Waals surface area contributed by atoms with Crippen LogP contribution in [0.4, 0.5) is 0 Å². The minimum absolute atomic E-state index is 1.07. The first kappa shape index (κ1) is 43.0. The van der Waals surface area contributed by atoms with Gasteiger partial charge in [-0.05, 0) is 101 Å². The Balaban J connectivity index is 1.23. The van der Waals surface area contributed by atoms with E-state index in [1.807, 2.05) is 0 Å². The molecular weight excluding hydrogens is 855 g/mol. The van der Waals surface area contributed by atoms with Crippen molar-refractivity contribution in [1.82, 2.24) is 4.57 Å². The third kappa shape index (κ3) is 8.10. The fourth-order valence-corrected chi connectivity index (χ4v) is 10.6. The van der Waals surface area contributed by atoms with Crippen LogP contribution in [0.15, 0.2) is 297 Å². The van der Waals surface area contributed by atoms with Crippen LogP contribution in [0, 0.1) is 0 Å². The molecule has 1 heterocycles.